The van der Waals surface area contributed by atoms with Crippen LogP contribution in [0.4, 0.5) is 0 Å². The van der Waals surface area contributed by atoms with Gasteiger partial charge in [0.25, 0.3) is 0 Å². The van der Waals surface area contributed by atoms with E-state index in [0.717, 1.165) is 31.4 Å². The summed E-state index contributed by atoms with van der Waals surface area (Å²) >= 11 is 0. The van der Waals surface area contributed by atoms with E-state index in [4.69, 9.17) is 4.74 Å². The summed E-state index contributed by atoms with van der Waals surface area (Å²) in [5.41, 5.74) is 0.961. The van der Waals surface area contributed by atoms with E-state index in [1.165, 1.54) is 0 Å². The average Bonchev–Trinajstić information content (AvgIpc) is 2.62. The van der Waals surface area contributed by atoms with Gasteiger partial charge in [-0.15, -0.1) is 0 Å². The third kappa shape index (κ3) is 0.531. The fraction of sp³-hybridized carbons (Fsp3) is 0.727. The number of carbonyl (C=O) groups is 1. The van der Waals surface area contributed by atoms with Gasteiger partial charge in [0.15, 0.2) is 0 Å². The van der Waals surface area contributed by atoms with Crippen molar-refractivity contribution in [3.63, 3.8) is 0 Å². The van der Waals surface area contributed by atoms with E-state index in [-0.39, 0.29) is 16.9 Å². The lowest BCUT2D eigenvalue weighted by atomic mass is 9.47. The molecule has 2 aliphatic carbocycles. The first-order chi connectivity index (χ1) is 6.13. The van der Waals surface area contributed by atoms with E-state index >= 15 is 0 Å². The van der Waals surface area contributed by atoms with E-state index in [2.05, 4.69) is 13.5 Å². The highest BCUT2D eigenvalue weighted by Gasteiger charge is 2.73. The van der Waals surface area contributed by atoms with Crippen molar-refractivity contribution in [1.29, 1.82) is 0 Å². The number of carbonyl (C=O) groups excluding carboxylic acids is 1. The van der Waals surface area contributed by atoms with Crippen LogP contribution in [0.3, 0.4) is 0 Å². The number of hydrogen-bond acceptors (Lipinski definition) is 2. The minimum atomic E-state index is -0.228. The van der Waals surface area contributed by atoms with Gasteiger partial charge in [-0.3, -0.25) is 4.79 Å². The molecule has 0 bridgehead atoms. The average molecular weight is 178 g/mol. The minimum Gasteiger partial charge on any atom is -0.373 e. The lowest BCUT2D eigenvalue weighted by Gasteiger charge is -2.56. The summed E-state index contributed by atoms with van der Waals surface area (Å²) in [5, 5.41) is 0. The zero-order valence-electron chi connectivity index (χ0n) is 7.93. The summed E-state index contributed by atoms with van der Waals surface area (Å²) in [6.07, 6.45) is 3.00. The van der Waals surface area contributed by atoms with Crippen molar-refractivity contribution in [2.45, 2.75) is 32.3 Å². The van der Waals surface area contributed by atoms with Crippen LogP contribution in [0.5, 0.6) is 0 Å². The van der Waals surface area contributed by atoms with Gasteiger partial charge in [-0.2, -0.15) is 0 Å². The Morgan fingerprint density at radius 2 is 2.31 bits per heavy atom. The molecular formula is C11H14O2. The fourth-order valence-corrected chi connectivity index (χ4v) is 3.65. The Labute approximate surface area is 78.0 Å². The Bertz CT molecular complexity index is 320. The van der Waals surface area contributed by atoms with Crippen LogP contribution in [-0.2, 0) is 9.53 Å². The molecule has 1 spiro atoms. The van der Waals surface area contributed by atoms with Crippen LogP contribution in [-0.4, -0.2) is 18.5 Å². The highest BCUT2D eigenvalue weighted by atomic mass is 16.5. The maximum Gasteiger partial charge on any atom is 0.143 e. The third-order valence-corrected chi connectivity index (χ3v) is 4.64. The lowest BCUT2D eigenvalue weighted by Crippen LogP contribution is -2.59. The molecule has 3 aliphatic rings. The van der Waals surface area contributed by atoms with Gasteiger partial charge in [0.05, 0.1) is 11.5 Å². The van der Waals surface area contributed by atoms with Crippen molar-refractivity contribution < 1.29 is 9.53 Å². The van der Waals surface area contributed by atoms with Crippen molar-refractivity contribution in [1.82, 2.24) is 0 Å². The fourth-order valence-electron chi connectivity index (χ4n) is 3.65. The molecule has 2 heteroatoms. The van der Waals surface area contributed by atoms with Gasteiger partial charge in [0.2, 0.25) is 0 Å². The van der Waals surface area contributed by atoms with Crippen LogP contribution in [0.25, 0.3) is 0 Å². The van der Waals surface area contributed by atoms with E-state index in [9.17, 15) is 4.79 Å². The quantitative estimate of drug-likeness (QED) is 0.528. The van der Waals surface area contributed by atoms with Crippen molar-refractivity contribution in [2.24, 2.45) is 10.8 Å². The molecule has 1 aliphatic heterocycles. The van der Waals surface area contributed by atoms with Crippen molar-refractivity contribution >= 4 is 5.78 Å². The van der Waals surface area contributed by atoms with Crippen LogP contribution >= 0.6 is 0 Å². The SMILES string of the molecule is C=C1[C@@H]2OCC[C@@]23CCC(=O)[C@@]13C. The number of ketones is 1. The van der Waals surface area contributed by atoms with Gasteiger partial charge < -0.3 is 4.74 Å². The van der Waals surface area contributed by atoms with Crippen LogP contribution < -0.4 is 0 Å². The zero-order chi connectivity index (χ0) is 9.27. The molecule has 3 fully saturated rings. The van der Waals surface area contributed by atoms with Gasteiger partial charge in [-0.05, 0) is 25.3 Å². The highest BCUT2D eigenvalue weighted by Crippen LogP contribution is 2.71. The molecule has 13 heavy (non-hydrogen) atoms. The second-order valence-corrected chi connectivity index (χ2v) is 4.73. The summed E-state index contributed by atoms with van der Waals surface area (Å²) < 4.78 is 5.63. The molecule has 0 aromatic carbocycles. The Morgan fingerprint density at radius 3 is 3.08 bits per heavy atom. The topological polar surface area (TPSA) is 26.3 Å². The predicted octanol–water partition coefficient (Wildman–Crippen LogP) is 1.70. The van der Waals surface area contributed by atoms with Crippen molar-refractivity contribution in [3.8, 4) is 0 Å². The smallest absolute Gasteiger partial charge is 0.143 e. The highest BCUT2D eigenvalue weighted by molar-refractivity contribution is 5.94. The largest absolute Gasteiger partial charge is 0.373 e. The first-order valence-corrected chi connectivity index (χ1v) is 4.97. The van der Waals surface area contributed by atoms with E-state index in [1.54, 1.807) is 0 Å². The summed E-state index contributed by atoms with van der Waals surface area (Å²) in [6, 6.07) is 0. The van der Waals surface area contributed by atoms with Gasteiger partial charge in [-0.25, -0.2) is 0 Å². The third-order valence-electron chi connectivity index (χ3n) is 4.64. The summed E-state index contributed by atoms with van der Waals surface area (Å²) in [4.78, 5) is 11.8. The Hall–Kier alpha value is -0.630. The van der Waals surface area contributed by atoms with Crippen LogP contribution in [0, 0.1) is 10.8 Å². The molecule has 0 aromatic rings. The van der Waals surface area contributed by atoms with Gasteiger partial charge >= 0.3 is 0 Å². The molecule has 1 heterocycles. The van der Waals surface area contributed by atoms with E-state index in [1.807, 2.05) is 0 Å². The molecule has 0 N–H and O–H groups in total. The Morgan fingerprint density at radius 1 is 1.54 bits per heavy atom. The molecule has 3 atom stereocenters. The molecule has 0 unspecified atom stereocenters. The molecule has 3 rings (SSSR count). The first kappa shape index (κ1) is 7.74. The van der Waals surface area contributed by atoms with E-state index < -0.39 is 0 Å². The van der Waals surface area contributed by atoms with Crippen molar-refractivity contribution in [2.75, 3.05) is 6.61 Å². The molecule has 0 aromatic heterocycles. The molecule has 0 amide bonds. The maximum absolute atomic E-state index is 11.8. The second-order valence-electron chi connectivity index (χ2n) is 4.73. The standard InChI is InChI=1S/C11H14O2/c1-7-9-11(5-6-13-9)4-3-8(12)10(7,11)2/h9H,1,3-6H2,2H3/t9-,10+,11-/m0/s1. The Kier molecular flexibility index (Phi) is 1.13. The number of Topliss-reactive ketones (excluding diaryl/α,β-unsaturated/α-hetero) is 1. The zero-order valence-corrected chi connectivity index (χ0v) is 7.93. The minimum absolute atomic E-state index is 0.154. The second kappa shape index (κ2) is 1.90. The number of hydrogen-bond donors (Lipinski definition) is 0. The molecule has 2 saturated carbocycles. The van der Waals surface area contributed by atoms with Gasteiger partial charge in [0.1, 0.15) is 5.78 Å². The summed E-state index contributed by atoms with van der Waals surface area (Å²) in [7, 11) is 0. The molecule has 1 saturated heterocycles. The molecule has 70 valence electrons. The summed E-state index contributed by atoms with van der Waals surface area (Å²) in [6.45, 7) is 6.89. The normalized spacial score (nSPS) is 53.2. The number of ether oxygens (including phenoxy) is 1. The summed E-state index contributed by atoms with van der Waals surface area (Å²) in [5.74, 6) is 0.388. The maximum atomic E-state index is 11.8. The monoisotopic (exact) mass is 178 g/mol. The molecule has 0 radical (unpaired) electrons. The number of rotatable bonds is 0. The molecular weight excluding hydrogens is 164 g/mol. The first-order valence-electron chi connectivity index (χ1n) is 4.97. The van der Waals surface area contributed by atoms with Crippen LogP contribution in [0.2, 0.25) is 0 Å². The van der Waals surface area contributed by atoms with Crippen molar-refractivity contribution in [3.05, 3.63) is 12.2 Å². The predicted molar refractivity (Wildman–Crippen MR) is 48.3 cm³/mol. The lowest BCUT2D eigenvalue weighted by molar-refractivity contribution is -0.136. The van der Waals surface area contributed by atoms with Gasteiger partial charge in [0, 0.05) is 18.4 Å². The Balaban J connectivity index is 2.14. The molecule has 2 nitrogen and oxygen atoms in total. The van der Waals surface area contributed by atoms with Gasteiger partial charge in [-0.1, -0.05) is 6.58 Å². The van der Waals surface area contributed by atoms with Crippen LogP contribution in [0.15, 0.2) is 12.2 Å². The van der Waals surface area contributed by atoms with Crippen LogP contribution in [0.1, 0.15) is 26.2 Å². The van der Waals surface area contributed by atoms with E-state index in [0.29, 0.717) is 5.78 Å².